The van der Waals surface area contributed by atoms with Crippen molar-refractivity contribution in [2.24, 2.45) is 7.05 Å². The summed E-state index contributed by atoms with van der Waals surface area (Å²) in [6.45, 7) is 3.90. The highest BCUT2D eigenvalue weighted by molar-refractivity contribution is 5.83. The van der Waals surface area contributed by atoms with Crippen molar-refractivity contribution in [2.45, 2.75) is 25.9 Å². The van der Waals surface area contributed by atoms with Crippen LogP contribution in [0.15, 0.2) is 70.3 Å². The molecule has 3 heterocycles. The van der Waals surface area contributed by atoms with Crippen LogP contribution in [0.5, 0.6) is 0 Å². The second-order valence-electron chi connectivity index (χ2n) is 8.61. The summed E-state index contributed by atoms with van der Waals surface area (Å²) in [4.78, 5) is 21.7. The van der Waals surface area contributed by atoms with Crippen LogP contribution in [0.25, 0.3) is 22.4 Å². The van der Waals surface area contributed by atoms with Gasteiger partial charge in [-0.05, 0) is 37.6 Å². The molecule has 184 valence electrons. The number of nitrogens with one attached hydrogen (secondary N) is 2. The van der Waals surface area contributed by atoms with Gasteiger partial charge in [0.25, 0.3) is 11.4 Å². The van der Waals surface area contributed by atoms with E-state index < -0.39 is 6.04 Å². The first-order valence-corrected chi connectivity index (χ1v) is 11.5. The second kappa shape index (κ2) is 9.62. The molecule has 0 unspecified atom stereocenters. The molecular formula is C25H26N8O3. The molecule has 3 aromatic heterocycles. The van der Waals surface area contributed by atoms with Crippen LogP contribution in [0, 0.1) is 0 Å². The Morgan fingerprint density at radius 3 is 2.64 bits per heavy atom. The molecule has 0 aliphatic rings. The Morgan fingerprint density at radius 1 is 1.14 bits per heavy atom. The maximum absolute atomic E-state index is 12.6. The van der Waals surface area contributed by atoms with Crippen LogP contribution in [0.1, 0.15) is 31.5 Å². The molecule has 3 N–H and O–H groups in total. The van der Waals surface area contributed by atoms with E-state index in [-0.39, 0.29) is 24.1 Å². The van der Waals surface area contributed by atoms with E-state index >= 15 is 0 Å². The van der Waals surface area contributed by atoms with Crippen LogP contribution in [0.2, 0.25) is 0 Å². The zero-order valence-corrected chi connectivity index (χ0v) is 20.1. The molecule has 0 bridgehead atoms. The molecule has 0 aliphatic heterocycles. The molecule has 0 radical (unpaired) electrons. The smallest absolute Gasteiger partial charge is 0.274 e. The molecule has 0 amide bonds. The van der Waals surface area contributed by atoms with Gasteiger partial charge in [0, 0.05) is 25.0 Å². The first-order chi connectivity index (χ1) is 17.5. The standard InChI is InChI=1S/C25H26N8O3/c1-15(2)33-21-11-17(9-10-18(21)24(35)32(33)3)28-25-26-12-19(23-31-27-14-36-23)22(30-25)29-20(13-34)16-7-5-4-6-8-16/h4-12,14-15,20,34H,13H2,1-3H3,(H2,26,28,29,30)/t20-/m1/s1. The highest BCUT2D eigenvalue weighted by Gasteiger charge is 2.19. The third-order valence-corrected chi connectivity index (χ3v) is 5.91. The maximum Gasteiger partial charge on any atom is 0.274 e. The van der Waals surface area contributed by atoms with E-state index in [1.54, 1.807) is 24.0 Å². The second-order valence-corrected chi connectivity index (χ2v) is 8.61. The van der Waals surface area contributed by atoms with Gasteiger partial charge in [-0.25, -0.2) is 4.98 Å². The van der Waals surface area contributed by atoms with E-state index in [1.165, 1.54) is 6.39 Å². The van der Waals surface area contributed by atoms with Crippen LogP contribution in [0.3, 0.4) is 0 Å². The van der Waals surface area contributed by atoms with Gasteiger partial charge < -0.3 is 20.2 Å². The van der Waals surface area contributed by atoms with Gasteiger partial charge in [0.15, 0.2) is 0 Å². The molecule has 0 saturated heterocycles. The van der Waals surface area contributed by atoms with Crippen molar-refractivity contribution >= 4 is 28.4 Å². The van der Waals surface area contributed by atoms with Gasteiger partial charge in [-0.2, -0.15) is 4.98 Å². The molecule has 0 saturated carbocycles. The predicted octanol–water partition coefficient (Wildman–Crippen LogP) is 3.65. The number of nitrogens with zero attached hydrogens (tertiary/aromatic N) is 6. The summed E-state index contributed by atoms with van der Waals surface area (Å²) in [5.41, 5.74) is 2.88. The first-order valence-electron chi connectivity index (χ1n) is 11.5. The zero-order chi connectivity index (χ0) is 25.2. The molecule has 0 fully saturated rings. The molecular weight excluding hydrogens is 460 g/mol. The van der Waals surface area contributed by atoms with E-state index in [2.05, 4.69) is 30.8 Å². The maximum atomic E-state index is 12.6. The number of hydrogen-bond donors (Lipinski definition) is 3. The highest BCUT2D eigenvalue weighted by atomic mass is 16.4. The van der Waals surface area contributed by atoms with Gasteiger partial charge in [0.1, 0.15) is 5.82 Å². The van der Waals surface area contributed by atoms with Crippen molar-refractivity contribution in [3.8, 4) is 11.5 Å². The van der Waals surface area contributed by atoms with Gasteiger partial charge >= 0.3 is 0 Å². The van der Waals surface area contributed by atoms with Crippen LogP contribution < -0.4 is 16.2 Å². The van der Waals surface area contributed by atoms with E-state index in [9.17, 15) is 9.90 Å². The molecule has 11 nitrogen and oxygen atoms in total. The van der Waals surface area contributed by atoms with Gasteiger partial charge in [-0.15, -0.1) is 10.2 Å². The minimum absolute atomic E-state index is 0.0483. The summed E-state index contributed by atoms with van der Waals surface area (Å²) >= 11 is 0. The molecule has 0 spiro atoms. The summed E-state index contributed by atoms with van der Waals surface area (Å²) in [5.74, 6) is 0.985. The Labute approximate surface area is 206 Å². The molecule has 11 heteroatoms. The third-order valence-electron chi connectivity index (χ3n) is 5.91. The lowest BCUT2D eigenvalue weighted by molar-refractivity contribution is 0.276. The van der Waals surface area contributed by atoms with Crippen molar-refractivity contribution in [1.29, 1.82) is 0 Å². The van der Waals surface area contributed by atoms with Crippen LogP contribution in [0.4, 0.5) is 17.5 Å². The Bertz CT molecular complexity index is 1540. The summed E-state index contributed by atoms with van der Waals surface area (Å²) in [6, 6.07) is 14.8. The summed E-state index contributed by atoms with van der Waals surface area (Å²) in [6.07, 6.45) is 2.81. The quantitative estimate of drug-likeness (QED) is 0.300. The van der Waals surface area contributed by atoms with E-state index in [0.717, 1.165) is 16.8 Å². The van der Waals surface area contributed by atoms with Crippen molar-refractivity contribution < 1.29 is 9.52 Å². The minimum Gasteiger partial charge on any atom is -0.423 e. The number of benzene rings is 2. The fourth-order valence-corrected chi connectivity index (χ4v) is 4.25. The topological polar surface area (TPSA) is 136 Å². The Kier molecular flexibility index (Phi) is 6.21. The van der Waals surface area contributed by atoms with E-state index in [0.29, 0.717) is 22.7 Å². The lowest BCUT2D eigenvalue weighted by atomic mass is 10.1. The number of aliphatic hydroxyl groups is 1. The zero-order valence-electron chi connectivity index (χ0n) is 20.1. The van der Waals surface area contributed by atoms with E-state index in [1.807, 2.05) is 61.0 Å². The number of fused-ring (bicyclic) bond motifs is 1. The lowest BCUT2D eigenvalue weighted by Gasteiger charge is -2.19. The van der Waals surface area contributed by atoms with Crippen LogP contribution >= 0.6 is 0 Å². The van der Waals surface area contributed by atoms with Crippen molar-refractivity contribution in [2.75, 3.05) is 17.2 Å². The number of aliphatic hydroxyl groups excluding tert-OH is 1. The van der Waals surface area contributed by atoms with Crippen LogP contribution in [-0.4, -0.2) is 41.2 Å². The van der Waals surface area contributed by atoms with E-state index in [4.69, 9.17) is 4.42 Å². The first kappa shape index (κ1) is 23.2. The number of rotatable bonds is 8. The number of anilines is 3. The molecule has 5 aromatic rings. The average molecular weight is 487 g/mol. The van der Waals surface area contributed by atoms with Crippen molar-refractivity contribution in [3.63, 3.8) is 0 Å². The summed E-state index contributed by atoms with van der Waals surface area (Å²) < 4.78 is 8.94. The number of hydrogen-bond acceptors (Lipinski definition) is 9. The molecule has 2 aromatic carbocycles. The molecule has 1 atom stereocenters. The monoisotopic (exact) mass is 486 g/mol. The molecule has 36 heavy (non-hydrogen) atoms. The molecule has 5 rings (SSSR count). The van der Waals surface area contributed by atoms with Gasteiger partial charge in [0.05, 0.1) is 29.1 Å². The summed E-state index contributed by atoms with van der Waals surface area (Å²) in [5, 5.41) is 24.9. The normalized spacial score (nSPS) is 12.2. The predicted molar refractivity (Wildman–Crippen MR) is 136 cm³/mol. The fourth-order valence-electron chi connectivity index (χ4n) is 4.25. The Hall–Kier alpha value is -4.51. The fraction of sp³-hybridized carbons (Fsp3) is 0.240. The number of aromatic nitrogens is 6. The van der Waals surface area contributed by atoms with Crippen LogP contribution in [-0.2, 0) is 7.05 Å². The van der Waals surface area contributed by atoms with Crippen molar-refractivity contribution in [1.82, 2.24) is 29.5 Å². The lowest BCUT2D eigenvalue weighted by Crippen LogP contribution is -2.20. The Balaban J connectivity index is 1.52. The summed E-state index contributed by atoms with van der Waals surface area (Å²) in [7, 11) is 1.76. The average Bonchev–Trinajstić information content (AvgIpc) is 3.50. The largest absolute Gasteiger partial charge is 0.423 e. The Morgan fingerprint density at radius 2 is 1.94 bits per heavy atom. The third kappa shape index (κ3) is 4.31. The van der Waals surface area contributed by atoms with Gasteiger partial charge in [-0.1, -0.05) is 30.3 Å². The molecule has 0 aliphatic carbocycles. The van der Waals surface area contributed by atoms with Gasteiger partial charge in [-0.3, -0.25) is 14.2 Å². The van der Waals surface area contributed by atoms with Gasteiger partial charge in [0.2, 0.25) is 12.3 Å². The SMILES string of the molecule is CC(C)n1c2cc(Nc3ncc(-c4nnco4)c(N[C@H](CO)c4ccccc4)n3)ccc2c(=O)n1C. The van der Waals surface area contributed by atoms with Crippen molar-refractivity contribution in [3.05, 3.63) is 77.0 Å². The highest BCUT2D eigenvalue weighted by Crippen LogP contribution is 2.29. The minimum atomic E-state index is -0.420.